The van der Waals surface area contributed by atoms with Crippen LogP contribution in [0.1, 0.15) is 90.9 Å². The van der Waals surface area contributed by atoms with Crippen molar-refractivity contribution in [3.8, 4) is 0 Å². The summed E-state index contributed by atoms with van der Waals surface area (Å²) in [7, 11) is 11.2. The molecule has 29 heavy (non-hydrogen) atoms. The van der Waals surface area contributed by atoms with Gasteiger partial charge in [-0.05, 0) is 62.0 Å². The maximum absolute atomic E-state index is 11.6. The minimum atomic E-state index is -0.218. The third-order valence-electron chi connectivity index (χ3n) is 4.20. The second kappa shape index (κ2) is 22.6. The lowest BCUT2D eigenvalue weighted by Gasteiger charge is -2.12. The molecule has 0 aliphatic heterocycles. The first kappa shape index (κ1) is 30.4. The molecule has 2 amide bonds. The standard InChI is InChI=1S/C18H36N2O2S7/c1-3-5-7-9-11-13-15(17(19)21)23-25-27-29-28-26-24-16(18(20)22)14-12-10-8-6-4-2/h15-16H,3-14H2,1-2H3,(H2,19,21)(H2,20,22). The van der Waals surface area contributed by atoms with Crippen LogP contribution in [0.25, 0.3) is 0 Å². The number of carbonyl (C=O) groups is 2. The van der Waals surface area contributed by atoms with E-state index < -0.39 is 0 Å². The molecule has 0 fully saturated rings. The van der Waals surface area contributed by atoms with Gasteiger partial charge >= 0.3 is 0 Å². The third-order valence-corrected chi connectivity index (χ3v) is 17.9. The summed E-state index contributed by atoms with van der Waals surface area (Å²) >= 11 is 0. The van der Waals surface area contributed by atoms with Gasteiger partial charge in [-0.3, -0.25) is 9.59 Å². The maximum Gasteiger partial charge on any atom is 0.231 e. The van der Waals surface area contributed by atoms with Gasteiger partial charge in [-0.25, -0.2) is 0 Å². The lowest BCUT2D eigenvalue weighted by molar-refractivity contribution is -0.118. The minimum Gasteiger partial charge on any atom is -0.369 e. The van der Waals surface area contributed by atoms with Crippen molar-refractivity contribution in [2.75, 3.05) is 0 Å². The highest BCUT2D eigenvalue weighted by atomic mass is 33.9. The second-order valence-electron chi connectivity index (χ2n) is 6.72. The highest BCUT2D eigenvalue weighted by Gasteiger charge is 2.18. The van der Waals surface area contributed by atoms with Crippen LogP contribution in [0.3, 0.4) is 0 Å². The summed E-state index contributed by atoms with van der Waals surface area (Å²) in [6.07, 6.45) is 13.6. The third kappa shape index (κ3) is 19.8. The molecule has 0 spiro atoms. The SMILES string of the molecule is CCCCCCCC(SSSSSSSC(CCCCCCC)C(N)=O)C(N)=O. The van der Waals surface area contributed by atoms with Gasteiger partial charge in [-0.2, -0.15) is 0 Å². The van der Waals surface area contributed by atoms with Crippen LogP contribution in [0.15, 0.2) is 0 Å². The Balaban J connectivity index is 3.77. The Labute approximate surface area is 203 Å². The van der Waals surface area contributed by atoms with Crippen LogP contribution in [0.4, 0.5) is 0 Å². The molecule has 0 aromatic carbocycles. The molecule has 0 aromatic rings. The van der Waals surface area contributed by atoms with Crippen molar-refractivity contribution in [3.63, 3.8) is 0 Å². The number of amides is 2. The molecule has 0 aliphatic carbocycles. The molecule has 4 N–H and O–H groups in total. The monoisotopic (exact) mass is 536 g/mol. The van der Waals surface area contributed by atoms with E-state index >= 15 is 0 Å². The average Bonchev–Trinajstić information content (AvgIpc) is 2.69. The maximum atomic E-state index is 11.6. The van der Waals surface area contributed by atoms with Gasteiger partial charge in [0.1, 0.15) is 0 Å². The Morgan fingerprint density at radius 1 is 0.586 bits per heavy atom. The number of primary amides is 2. The molecule has 0 radical (unpaired) electrons. The highest BCUT2D eigenvalue weighted by Crippen LogP contribution is 2.56. The predicted molar refractivity (Wildman–Crippen MR) is 146 cm³/mol. The van der Waals surface area contributed by atoms with Crippen molar-refractivity contribution in [1.29, 1.82) is 0 Å². The van der Waals surface area contributed by atoms with Crippen molar-refractivity contribution in [3.05, 3.63) is 0 Å². The molecule has 0 heterocycles. The molecule has 0 bridgehead atoms. The first-order valence-corrected chi connectivity index (χ1v) is 19.2. The van der Waals surface area contributed by atoms with E-state index in [1.54, 1.807) is 70.7 Å². The Kier molecular flexibility index (Phi) is 23.7. The Bertz CT molecular complexity index is 384. The quantitative estimate of drug-likeness (QED) is 0.105. The van der Waals surface area contributed by atoms with Crippen LogP contribution < -0.4 is 11.5 Å². The molecule has 2 atom stereocenters. The van der Waals surface area contributed by atoms with Crippen LogP contribution >= 0.6 is 70.7 Å². The molecule has 0 saturated carbocycles. The summed E-state index contributed by atoms with van der Waals surface area (Å²) in [4.78, 5) is 23.2. The summed E-state index contributed by atoms with van der Waals surface area (Å²) in [6, 6.07) is 0. The molecule has 0 aromatic heterocycles. The summed E-state index contributed by atoms with van der Waals surface area (Å²) in [5.74, 6) is -0.436. The van der Waals surface area contributed by atoms with E-state index in [2.05, 4.69) is 13.8 Å². The molecule has 0 rings (SSSR count). The number of hydrogen-bond acceptors (Lipinski definition) is 9. The van der Waals surface area contributed by atoms with E-state index in [1.807, 2.05) is 0 Å². The first-order chi connectivity index (χ1) is 14.0. The number of nitrogens with two attached hydrogens (primary N) is 2. The minimum absolute atomic E-state index is 0.117. The fourth-order valence-corrected chi connectivity index (χ4v) is 17.6. The van der Waals surface area contributed by atoms with E-state index in [1.165, 1.54) is 51.4 Å². The van der Waals surface area contributed by atoms with E-state index in [-0.39, 0.29) is 22.3 Å². The Morgan fingerprint density at radius 2 is 0.931 bits per heavy atom. The van der Waals surface area contributed by atoms with Gasteiger partial charge in [0.2, 0.25) is 11.8 Å². The van der Waals surface area contributed by atoms with Gasteiger partial charge in [0.05, 0.1) is 10.5 Å². The van der Waals surface area contributed by atoms with Gasteiger partial charge in [0.15, 0.2) is 0 Å². The molecule has 0 aliphatic rings. The molecule has 2 unspecified atom stereocenters. The van der Waals surface area contributed by atoms with E-state index in [0.29, 0.717) is 0 Å². The summed E-state index contributed by atoms with van der Waals surface area (Å²) in [6.45, 7) is 4.40. The average molecular weight is 537 g/mol. The highest BCUT2D eigenvalue weighted by molar-refractivity contribution is 9.46. The number of hydrogen-bond donors (Lipinski definition) is 2. The van der Waals surface area contributed by atoms with Gasteiger partial charge < -0.3 is 11.5 Å². The predicted octanol–water partition coefficient (Wildman–Crippen LogP) is 8.04. The van der Waals surface area contributed by atoms with Crippen molar-refractivity contribution in [2.24, 2.45) is 11.5 Å². The lowest BCUT2D eigenvalue weighted by atomic mass is 10.1. The molecule has 172 valence electrons. The molecule has 0 saturated heterocycles. The fourth-order valence-electron chi connectivity index (χ4n) is 2.50. The molecular formula is C18H36N2O2S7. The van der Waals surface area contributed by atoms with Crippen LogP contribution in [-0.2, 0) is 9.59 Å². The van der Waals surface area contributed by atoms with E-state index in [4.69, 9.17) is 11.5 Å². The largest absolute Gasteiger partial charge is 0.369 e. The zero-order chi connectivity index (χ0) is 21.7. The van der Waals surface area contributed by atoms with Gasteiger partial charge in [-0.15, -0.1) is 0 Å². The summed E-state index contributed by atoms with van der Waals surface area (Å²) in [5.41, 5.74) is 11.0. The number of rotatable bonds is 22. The fraction of sp³-hybridized carbons (Fsp3) is 0.889. The van der Waals surface area contributed by atoms with Crippen LogP contribution in [0.2, 0.25) is 0 Å². The topological polar surface area (TPSA) is 86.2 Å². The van der Waals surface area contributed by atoms with Gasteiger partial charge in [0.25, 0.3) is 0 Å². The number of unbranched alkanes of at least 4 members (excludes halogenated alkanes) is 8. The summed E-state index contributed by atoms with van der Waals surface area (Å²) in [5, 5.41) is -0.234. The zero-order valence-electron chi connectivity index (χ0n) is 17.5. The Morgan fingerprint density at radius 3 is 1.28 bits per heavy atom. The van der Waals surface area contributed by atoms with Crippen LogP contribution in [0, 0.1) is 0 Å². The van der Waals surface area contributed by atoms with Crippen molar-refractivity contribution >= 4 is 82.5 Å². The van der Waals surface area contributed by atoms with Crippen molar-refractivity contribution in [1.82, 2.24) is 0 Å². The zero-order valence-corrected chi connectivity index (χ0v) is 23.2. The molecular weight excluding hydrogens is 501 g/mol. The first-order valence-electron chi connectivity index (χ1n) is 10.3. The number of carbonyl (C=O) groups excluding carboxylic acids is 2. The van der Waals surface area contributed by atoms with Crippen molar-refractivity contribution in [2.45, 2.75) is 101 Å². The normalized spacial score (nSPS) is 13.3. The lowest BCUT2D eigenvalue weighted by Crippen LogP contribution is -2.24. The van der Waals surface area contributed by atoms with Gasteiger partial charge in [0, 0.05) is 0 Å². The molecule has 11 heteroatoms. The van der Waals surface area contributed by atoms with E-state index in [9.17, 15) is 9.59 Å². The molecule has 4 nitrogen and oxygen atoms in total. The van der Waals surface area contributed by atoms with Crippen LogP contribution in [0.5, 0.6) is 0 Å². The van der Waals surface area contributed by atoms with Crippen LogP contribution in [-0.4, -0.2) is 22.3 Å². The second-order valence-corrected chi connectivity index (χ2v) is 18.2. The smallest absolute Gasteiger partial charge is 0.231 e. The summed E-state index contributed by atoms with van der Waals surface area (Å²) < 4.78 is 0. The van der Waals surface area contributed by atoms with Crippen molar-refractivity contribution < 1.29 is 9.59 Å². The van der Waals surface area contributed by atoms with Gasteiger partial charge in [-0.1, -0.05) is 99.6 Å². The van der Waals surface area contributed by atoms with E-state index in [0.717, 1.165) is 25.7 Å². The Hall–Kier alpha value is 1.39.